The van der Waals surface area contributed by atoms with E-state index in [1.165, 1.54) is 18.6 Å². The summed E-state index contributed by atoms with van der Waals surface area (Å²) in [4.78, 5) is 26.5. The van der Waals surface area contributed by atoms with Gasteiger partial charge in [-0.15, -0.1) is 0 Å². The zero-order valence-electron chi connectivity index (χ0n) is 13.8. The number of ether oxygens (including phenoxy) is 1. The lowest BCUT2D eigenvalue weighted by Gasteiger charge is -2.36. The predicted octanol–water partition coefficient (Wildman–Crippen LogP) is 1.42. The second kappa shape index (κ2) is 7.35. The Kier molecular flexibility index (Phi) is 5.00. The first-order chi connectivity index (χ1) is 11.6. The van der Waals surface area contributed by atoms with Gasteiger partial charge in [-0.2, -0.15) is 0 Å². The van der Waals surface area contributed by atoms with Crippen molar-refractivity contribution in [2.45, 2.75) is 32.6 Å². The number of nitrogens with one attached hydrogen (secondary N) is 1. The Bertz CT molecular complexity index is 667. The van der Waals surface area contributed by atoms with E-state index in [1.807, 2.05) is 12.1 Å². The molecular weight excluding hydrogens is 306 g/mol. The van der Waals surface area contributed by atoms with Gasteiger partial charge in [0.25, 0.3) is 5.91 Å². The van der Waals surface area contributed by atoms with Crippen molar-refractivity contribution in [3.05, 3.63) is 48.2 Å². The third-order valence-corrected chi connectivity index (χ3v) is 3.80. The summed E-state index contributed by atoms with van der Waals surface area (Å²) >= 11 is 0. The Morgan fingerprint density at radius 1 is 1.21 bits per heavy atom. The van der Waals surface area contributed by atoms with Crippen molar-refractivity contribution >= 4 is 11.7 Å². The molecule has 0 aromatic carbocycles. The van der Waals surface area contributed by atoms with Gasteiger partial charge in [0, 0.05) is 38.2 Å². The first kappa shape index (κ1) is 16.3. The smallest absolute Gasteiger partial charge is 0.271 e. The van der Waals surface area contributed by atoms with Crippen molar-refractivity contribution in [3.63, 3.8) is 0 Å². The molecule has 0 bridgehead atoms. The van der Waals surface area contributed by atoms with Gasteiger partial charge in [0.2, 0.25) is 0 Å². The molecule has 3 heterocycles. The highest BCUT2D eigenvalue weighted by Gasteiger charge is 2.22. The SMILES string of the molecule is C[C@@H]1CN(c2ccc(CNC(=O)c3cnccn3)cn2)C[C@H](C)O1. The molecule has 0 saturated carbocycles. The number of amides is 1. The summed E-state index contributed by atoms with van der Waals surface area (Å²) < 4.78 is 5.74. The van der Waals surface area contributed by atoms with Gasteiger partial charge in [-0.05, 0) is 25.5 Å². The summed E-state index contributed by atoms with van der Waals surface area (Å²) in [6, 6.07) is 3.96. The van der Waals surface area contributed by atoms with Crippen LogP contribution in [0.4, 0.5) is 5.82 Å². The number of anilines is 1. The Hall–Kier alpha value is -2.54. The summed E-state index contributed by atoms with van der Waals surface area (Å²) in [5.74, 6) is 0.684. The van der Waals surface area contributed by atoms with E-state index in [4.69, 9.17) is 4.74 Å². The molecule has 1 amide bonds. The number of carbonyl (C=O) groups excluding carboxylic acids is 1. The molecule has 1 fully saturated rings. The average Bonchev–Trinajstić information content (AvgIpc) is 2.60. The molecule has 3 rings (SSSR count). The van der Waals surface area contributed by atoms with Crippen LogP contribution in [0.5, 0.6) is 0 Å². The van der Waals surface area contributed by atoms with Gasteiger partial charge in [0.05, 0.1) is 18.4 Å². The lowest BCUT2D eigenvalue weighted by atomic mass is 10.2. The summed E-state index contributed by atoms with van der Waals surface area (Å²) in [5.41, 5.74) is 1.24. The van der Waals surface area contributed by atoms with Crippen LogP contribution in [0.2, 0.25) is 0 Å². The van der Waals surface area contributed by atoms with Gasteiger partial charge in [-0.1, -0.05) is 6.07 Å². The zero-order valence-corrected chi connectivity index (χ0v) is 13.8. The maximum atomic E-state index is 11.9. The van der Waals surface area contributed by atoms with E-state index >= 15 is 0 Å². The summed E-state index contributed by atoms with van der Waals surface area (Å²) in [7, 11) is 0. The molecular formula is C17H21N5O2. The minimum atomic E-state index is -0.247. The van der Waals surface area contributed by atoms with E-state index < -0.39 is 0 Å². The van der Waals surface area contributed by atoms with Crippen molar-refractivity contribution in [1.29, 1.82) is 0 Å². The van der Waals surface area contributed by atoms with Crippen LogP contribution in [0.15, 0.2) is 36.9 Å². The van der Waals surface area contributed by atoms with Crippen LogP contribution in [0, 0.1) is 0 Å². The van der Waals surface area contributed by atoms with Crippen LogP contribution in [0.1, 0.15) is 29.9 Å². The summed E-state index contributed by atoms with van der Waals surface area (Å²) in [6.45, 7) is 6.21. The standard InChI is InChI=1S/C17H21N5O2/c1-12-10-22(11-13(2)24-12)16-4-3-14(7-20-16)8-21-17(23)15-9-18-5-6-19-15/h3-7,9,12-13H,8,10-11H2,1-2H3,(H,21,23)/t12-,13+. The number of carbonyl (C=O) groups is 1. The normalized spacial score (nSPS) is 20.7. The molecule has 1 aliphatic heterocycles. The number of pyridine rings is 1. The van der Waals surface area contributed by atoms with E-state index in [2.05, 4.69) is 39.0 Å². The molecule has 2 aromatic rings. The van der Waals surface area contributed by atoms with Gasteiger partial charge in [-0.3, -0.25) is 9.78 Å². The van der Waals surface area contributed by atoms with Gasteiger partial charge in [-0.25, -0.2) is 9.97 Å². The van der Waals surface area contributed by atoms with E-state index in [0.29, 0.717) is 12.2 Å². The number of hydrogen-bond donors (Lipinski definition) is 1. The minimum absolute atomic E-state index is 0.196. The zero-order chi connectivity index (χ0) is 16.9. The monoisotopic (exact) mass is 327 g/mol. The number of hydrogen-bond acceptors (Lipinski definition) is 6. The van der Waals surface area contributed by atoms with Gasteiger partial charge in [0.15, 0.2) is 0 Å². The van der Waals surface area contributed by atoms with E-state index in [0.717, 1.165) is 24.5 Å². The average molecular weight is 327 g/mol. The molecule has 7 heteroatoms. The van der Waals surface area contributed by atoms with Crippen molar-refractivity contribution < 1.29 is 9.53 Å². The molecule has 1 saturated heterocycles. The Morgan fingerprint density at radius 3 is 2.62 bits per heavy atom. The van der Waals surface area contributed by atoms with Crippen molar-refractivity contribution in [2.24, 2.45) is 0 Å². The molecule has 2 atom stereocenters. The lowest BCUT2D eigenvalue weighted by molar-refractivity contribution is -0.00546. The molecule has 2 aromatic heterocycles. The summed E-state index contributed by atoms with van der Waals surface area (Å²) in [5, 5.41) is 2.81. The quantitative estimate of drug-likeness (QED) is 0.915. The molecule has 7 nitrogen and oxygen atoms in total. The minimum Gasteiger partial charge on any atom is -0.372 e. The maximum absolute atomic E-state index is 11.9. The fourth-order valence-corrected chi connectivity index (χ4v) is 2.76. The van der Waals surface area contributed by atoms with Gasteiger partial charge in [0.1, 0.15) is 11.5 Å². The van der Waals surface area contributed by atoms with Crippen LogP contribution in [-0.4, -0.2) is 46.2 Å². The van der Waals surface area contributed by atoms with Crippen molar-refractivity contribution in [2.75, 3.05) is 18.0 Å². The first-order valence-electron chi connectivity index (χ1n) is 8.01. The molecule has 0 aliphatic carbocycles. The van der Waals surface area contributed by atoms with Crippen LogP contribution in [-0.2, 0) is 11.3 Å². The van der Waals surface area contributed by atoms with E-state index in [1.54, 1.807) is 6.20 Å². The molecule has 0 unspecified atom stereocenters. The molecule has 1 aliphatic rings. The Labute approximate surface area is 141 Å². The molecule has 0 spiro atoms. The second-order valence-corrected chi connectivity index (χ2v) is 5.96. The first-order valence-corrected chi connectivity index (χ1v) is 8.01. The van der Waals surface area contributed by atoms with Crippen LogP contribution >= 0.6 is 0 Å². The van der Waals surface area contributed by atoms with Crippen molar-refractivity contribution in [3.8, 4) is 0 Å². The largest absolute Gasteiger partial charge is 0.372 e. The van der Waals surface area contributed by atoms with E-state index in [-0.39, 0.29) is 18.1 Å². The van der Waals surface area contributed by atoms with Crippen LogP contribution < -0.4 is 10.2 Å². The highest BCUT2D eigenvalue weighted by molar-refractivity contribution is 5.91. The van der Waals surface area contributed by atoms with Crippen molar-refractivity contribution in [1.82, 2.24) is 20.3 Å². The lowest BCUT2D eigenvalue weighted by Crippen LogP contribution is -2.45. The molecule has 126 valence electrons. The predicted molar refractivity (Wildman–Crippen MR) is 89.7 cm³/mol. The van der Waals surface area contributed by atoms with E-state index in [9.17, 15) is 4.79 Å². The van der Waals surface area contributed by atoms with Gasteiger partial charge < -0.3 is 15.0 Å². The fraction of sp³-hybridized carbons (Fsp3) is 0.412. The van der Waals surface area contributed by atoms with Crippen LogP contribution in [0.3, 0.4) is 0 Å². The fourth-order valence-electron chi connectivity index (χ4n) is 2.76. The molecule has 1 N–H and O–H groups in total. The third-order valence-electron chi connectivity index (χ3n) is 3.80. The summed E-state index contributed by atoms with van der Waals surface area (Å²) in [6.07, 6.45) is 6.65. The number of morpholine rings is 1. The number of rotatable bonds is 4. The maximum Gasteiger partial charge on any atom is 0.271 e. The number of aromatic nitrogens is 3. The Balaban J connectivity index is 1.58. The number of nitrogens with zero attached hydrogens (tertiary/aromatic N) is 4. The Morgan fingerprint density at radius 2 is 2.00 bits per heavy atom. The highest BCUT2D eigenvalue weighted by atomic mass is 16.5. The van der Waals surface area contributed by atoms with Crippen LogP contribution in [0.25, 0.3) is 0 Å². The highest BCUT2D eigenvalue weighted by Crippen LogP contribution is 2.18. The van der Waals surface area contributed by atoms with Gasteiger partial charge >= 0.3 is 0 Å². The molecule has 0 radical (unpaired) electrons. The topological polar surface area (TPSA) is 80.2 Å². The molecule has 24 heavy (non-hydrogen) atoms. The third kappa shape index (κ3) is 4.05. The second-order valence-electron chi connectivity index (χ2n) is 5.96.